The molecular weight excluding hydrogens is 441 g/mol. The molecule has 1 atom stereocenters. The second kappa shape index (κ2) is 8.19. The van der Waals surface area contributed by atoms with Crippen LogP contribution in [0.5, 0.6) is 5.75 Å². The molecule has 1 aliphatic rings. The molecule has 1 aromatic heterocycles. The molecule has 1 unspecified atom stereocenters. The second-order valence-corrected chi connectivity index (χ2v) is 9.79. The number of benzene rings is 2. The van der Waals surface area contributed by atoms with Crippen LogP contribution in [0.1, 0.15) is 30.6 Å². The molecule has 32 heavy (non-hydrogen) atoms. The number of aliphatic hydroxyl groups excluding tert-OH is 1. The highest BCUT2D eigenvalue weighted by Crippen LogP contribution is 2.40. The molecule has 170 valence electrons. The van der Waals surface area contributed by atoms with E-state index in [0.717, 1.165) is 4.31 Å². The van der Waals surface area contributed by atoms with Crippen molar-refractivity contribution in [1.29, 1.82) is 0 Å². The Bertz CT molecular complexity index is 1280. The molecule has 2 aromatic carbocycles. The van der Waals surface area contributed by atoms with E-state index in [2.05, 4.69) is 0 Å². The number of carboxylic acid groups (broad SMARTS) is 1. The van der Waals surface area contributed by atoms with Gasteiger partial charge in [0.15, 0.2) is 0 Å². The maximum Gasteiger partial charge on any atom is 0.340 e. The number of aromatic carboxylic acids is 1. The summed E-state index contributed by atoms with van der Waals surface area (Å²) < 4.78 is 52.6. The predicted octanol–water partition coefficient (Wildman–Crippen LogP) is 3.48. The fourth-order valence-electron chi connectivity index (χ4n) is 3.74. The van der Waals surface area contributed by atoms with Crippen LogP contribution in [0.3, 0.4) is 0 Å². The Kier molecular flexibility index (Phi) is 5.70. The Labute approximate surface area is 183 Å². The van der Waals surface area contributed by atoms with Gasteiger partial charge in [-0.25, -0.2) is 17.6 Å². The van der Waals surface area contributed by atoms with Crippen LogP contribution in [0, 0.1) is 5.82 Å². The van der Waals surface area contributed by atoms with Gasteiger partial charge >= 0.3 is 5.97 Å². The number of furan rings is 1. The molecule has 0 amide bonds. The maximum absolute atomic E-state index is 13.3. The Hall–Kier alpha value is -2.95. The van der Waals surface area contributed by atoms with Crippen molar-refractivity contribution in [2.75, 3.05) is 13.1 Å². The van der Waals surface area contributed by atoms with E-state index in [1.807, 2.05) is 0 Å². The van der Waals surface area contributed by atoms with Gasteiger partial charge in [-0.2, -0.15) is 4.31 Å². The van der Waals surface area contributed by atoms with Crippen molar-refractivity contribution in [3.63, 3.8) is 0 Å². The number of aliphatic hydroxyl groups is 1. The number of sulfonamides is 1. The number of hydrogen-bond donors (Lipinski definition) is 2. The van der Waals surface area contributed by atoms with Crippen molar-refractivity contribution in [2.24, 2.45) is 0 Å². The van der Waals surface area contributed by atoms with Crippen LogP contribution in [-0.4, -0.2) is 54.2 Å². The highest BCUT2D eigenvalue weighted by atomic mass is 32.2. The van der Waals surface area contributed by atoms with Crippen LogP contribution in [0.15, 0.2) is 45.7 Å². The largest absolute Gasteiger partial charge is 0.490 e. The lowest BCUT2D eigenvalue weighted by Gasteiger charge is -2.19. The zero-order valence-corrected chi connectivity index (χ0v) is 18.2. The van der Waals surface area contributed by atoms with Gasteiger partial charge in [-0.05, 0) is 50.6 Å². The SMILES string of the molecule is CC(C)Oc1cc2c(C(=O)O)c(-c3ccc(F)cc3)oc2cc1S(=O)(=O)N1CCC(O)C1. The third kappa shape index (κ3) is 3.96. The first kappa shape index (κ1) is 22.3. The van der Waals surface area contributed by atoms with Crippen LogP contribution in [0.25, 0.3) is 22.3 Å². The van der Waals surface area contributed by atoms with Crippen molar-refractivity contribution < 1.29 is 37.0 Å². The highest BCUT2D eigenvalue weighted by molar-refractivity contribution is 7.89. The lowest BCUT2D eigenvalue weighted by Crippen LogP contribution is -2.30. The average molecular weight is 463 g/mol. The van der Waals surface area contributed by atoms with Crippen molar-refractivity contribution >= 4 is 27.0 Å². The zero-order chi connectivity index (χ0) is 23.2. The highest BCUT2D eigenvalue weighted by Gasteiger charge is 2.35. The van der Waals surface area contributed by atoms with E-state index in [4.69, 9.17) is 9.15 Å². The maximum atomic E-state index is 13.3. The van der Waals surface area contributed by atoms with Gasteiger partial charge in [0.25, 0.3) is 0 Å². The topological polar surface area (TPSA) is 117 Å². The number of β-amino-alcohol motifs (C(OH)–C–C–N with tert-alkyl or cyclic N) is 1. The molecule has 0 radical (unpaired) electrons. The van der Waals surface area contributed by atoms with Gasteiger partial charge in [0, 0.05) is 30.1 Å². The van der Waals surface area contributed by atoms with Gasteiger partial charge in [-0.3, -0.25) is 0 Å². The number of nitrogens with zero attached hydrogens (tertiary/aromatic N) is 1. The van der Waals surface area contributed by atoms with E-state index in [-0.39, 0.29) is 52.1 Å². The normalized spacial score (nSPS) is 17.3. The van der Waals surface area contributed by atoms with Crippen molar-refractivity contribution in [1.82, 2.24) is 4.31 Å². The number of carboxylic acids is 1. The fraction of sp³-hybridized carbons (Fsp3) is 0.318. The molecule has 1 saturated heterocycles. The number of ether oxygens (including phenoxy) is 1. The minimum atomic E-state index is -4.04. The van der Waals surface area contributed by atoms with Crippen molar-refractivity contribution in [2.45, 2.75) is 37.4 Å². The summed E-state index contributed by atoms with van der Waals surface area (Å²) in [6.07, 6.45) is -0.821. The molecule has 1 aliphatic heterocycles. The van der Waals surface area contributed by atoms with Gasteiger partial charge in [-0.1, -0.05) is 0 Å². The summed E-state index contributed by atoms with van der Waals surface area (Å²) in [5.74, 6) is -1.80. The summed E-state index contributed by atoms with van der Waals surface area (Å²) in [6, 6.07) is 7.70. The van der Waals surface area contributed by atoms with Gasteiger partial charge in [-0.15, -0.1) is 0 Å². The zero-order valence-electron chi connectivity index (χ0n) is 17.4. The first-order valence-electron chi connectivity index (χ1n) is 10.0. The van der Waals surface area contributed by atoms with Crippen LogP contribution >= 0.6 is 0 Å². The smallest absolute Gasteiger partial charge is 0.340 e. The third-order valence-corrected chi connectivity index (χ3v) is 7.07. The summed E-state index contributed by atoms with van der Waals surface area (Å²) in [5, 5.41) is 19.8. The predicted molar refractivity (Wildman–Crippen MR) is 114 cm³/mol. The molecule has 0 aliphatic carbocycles. The van der Waals surface area contributed by atoms with E-state index in [0.29, 0.717) is 12.0 Å². The summed E-state index contributed by atoms with van der Waals surface area (Å²) in [7, 11) is -4.04. The van der Waals surface area contributed by atoms with E-state index >= 15 is 0 Å². The molecule has 0 spiro atoms. The summed E-state index contributed by atoms with van der Waals surface area (Å²) in [6.45, 7) is 3.55. The molecule has 1 fully saturated rings. The second-order valence-electron chi connectivity index (χ2n) is 7.89. The van der Waals surface area contributed by atoms with E-state index in [1.54, 1.807) is 13.8 Å². The quantitative estimate of drug-likeness (QED) is 0.575. The lowest BCUT2D eigenvalue weighted by atomic mass is 10.1. The Morgan fingerprint density at radius 2 is 1.94 bits per heavy atom. The minimum absolute atomic E-state index is 0.0113. The first-order chi connectivity index (χ1) is 15.1. The number of fused-ring (bicyclic) bond motifs is 1. The van der Waals surface area contributed by atoms with Gasteiger partial charge in [0.1, 0.15) is 33.4 Å². The third-order valence-electron chi connectivity index (χ3n) is 5.18. The van der Waals surface area contributed by atoms with Crippen molar-refractivity contribution in [3.05, 3.63) is 47.8 Å². The summed E-state index contributed by atoms with van der Waals surface area (Å²) in [4.78, 5) is 11.9. The fourth-order valence-corrected chi connectivity index (χ4v) is 5.35. The molecule has 0 bridgehead atoms. The summed E-state index contributed by atoms with van der Waals surface area (Å²) >= 11 is 0. The molecule has 10 heteroatoms. The Morgan fingerprint density at radius 1 is 1.25 bits per heavy atom. The van der Waals surface area contributed by atoms with Crippen LogP contribution in [0.2, 0.25) is 0 Å². The minimum Gasteiger partial charge on any atom is -0.490 e. The van der Waals surface area contributed by atoms with E-state index < -0.39 is 27.9 Å². The van der Waals surface area contributed by atoms with Gasteiger partial charge < -0.3 is 19.4 Å². The van der Waals surface area contributed by atoms with E-state index in [1.165, 1.54) is 36.4 Å². The first-order valence-corrected chi connectivity index (χ1v) is 11.5. The molecule has 0 saturated carbocycles. The molecule has 2 heterocycles. The molecule has 3 aromatic rings. The standard InChI is InChI=1S/C22H22FNO7S/c1-12(2)30-18-9-16-17(10-19(18)32(28,29)24-8-7-15(25)11-24)31-21(20(16)22(26)27)13-3-5-14(23)6-4-13/h3-6,9-10,12,15,25H,7-8,11H2,1-2H3,(H,26,27). The monoisotopic (exact) mass is 463 g/mol. The van der Waals surface area contributed by atoms with Crippen LogP contribution in [0.4, 0.5) is 4.39 Å². The molecule has 8 nitrogen and oxygen atoms in total. The Balaban J connectivity index is 1.95. The van der Waals surface area contributed by atoms with Crippen LogP contribution < -0.4 is 4.74 Å². The lowest BCUT2D eigenvalue weighted by molar-refractivity contribution is 0.0699. The van der Waals surface area contributed by atoms with Crippen molar-refractivity contribution in [3.8, 4) is 17.1 Å². The number of carbonyl (C=O) groups is 1. The number of hydrogen-bond acceptors (Lipinski definition) is 6. The molecule has 4 rings (SSSR count). The van der Waals surface area contributed by atoms with Gasteiger partial charge in [0.05, 0.1) is 12.2 Å². The molecule has 2 N–H and O–H groups in total. The average Bonchev–Trinajstić information content (AvgIpc) is 3.31. The van der Waals surface area contributed by atoms with Crippen LogP contribution in [-0.2, 0) is 10.0 Å². The van der Waals surface area contributed by atoms with Gasteiger partial charge in [0.2, 0.25) is 10.0 Å². The summed E-state index contributed by atoms with van der Waals surface area (Å²) in [5.41, 5.74) is 0.190. The molecular formula is C22H22FNO7S. The number of rotatable bonds is 6. The number of halogens is 1. The Morgan fingerprint density at radius 3 is 2.50 bits per heavy atom. The van der Waals surface area contributed by atoms with E-state index in [9.17, 15) is 27.8 Å².